The molecule has 0 aliphatic heterocycles. The van der Waals surface area contributed by atoms with Crippen LogP contribution in [0.3, 0.4) is 0 Å². The zero-order chi connectivity index (χ0) is 15.7. The maximum absolute atomic E-state index is 10.7. The van der Waals surface area contributed by atoms with E-state index in [1.807, 2.05) is 13.0 Å². The summed E-state index contributed by atoms with van der Waals surface area (Å²) in [6.45, 7) is 4.68. The van der Waals surface area contributed by atoms with Gasteiger partial charge < -0.3 is 4.57 Å². The third-order valence-corrected chi connectivity index (χ3v) is 3.72. The fourth-order valence-corrected chi connectivity index (χ4v) is 2.53. The van der Waals surface area contributed by atoms with Gasteiger partial charge in [-0.25, -0.2) is 9.97 Å². The highest BCUT2D eigenvalue weighted by molar-refractivity contribution is 5.75. The number of rotatable bonds is 4. The van der Waals surface area contributed by atoms with Crippen molar-refractivity contribution < 1.29 is 4.92 Å². The molecule has 2 heterocycles. The first kappa shape index (κ1) is 14.2. The predicted octanol–water partition coefficient (Wildman–Crippen LogP) is 3.26. The van der Waals surface area contributed by atoms with Crippen molar-refractivity contribution in [3.05, 3.63) is 63.6 Å². The summed E-state index contributed by atoms with van der Waals surface area (Å²) < 4.78 is 2.07. The molecule has 0 bridgehead atoms. The lowest BCUT2D eigenvalue weighted by molar-refractivity contribution is -0.384. The average Bonchev–Trinajstić information content (AvgIpc) is 2.87. The van der Waals surface area contributed by atoms with Crippen molar-refractivity contribution in [3.63, 3.8) is 0 Å². The van der Waals surface area contributed by atoms with E-state index in [0.29, 0.717) is 6.54 Å². The van der Waals surface area contributed by atoms with Crippen LogP contribution >= 0.6 is 0 Å². The van der Waals surface area contributed by atoms with Gasteiger partial charge in [0.15, 0.2) is 5.65 Å². The van der Waals surface area contributed by atoms with Gasteiger partial charge in [0.2, 0.25) is 0 Å². The van der Waals surface area contributed by atoms with Crippen molar-refractivity contribution >= 4 is 16.9 Å². The lowest BCUT2D eigenvalue weighted by Gasteiger charge is -2.07. The highest BCUT2D eigenvalue weighted by atomic mass is 16.6. The Bertz CT molecular complexity index is 837. The molecule has 112 valence electrons. The molecule has 0 fully saturated rings. The number of hydrogen-bond acceptors (Lipinski definition) is 4. The molecule has 22 heavy (non-hydrogen) atoms. The molecule has 0 N–H and O–H groups in total. The summed E-state index contributed by atoms with van der Waals surface area (Å²) in [4.78, 5) is 19.4. The fourth-order valence-electron chi connectivity index (χ4n) is 2.53. The second-order valence-corrected chi connectivity index (χ2v) is 5.19. The number of aromatic nitrogens is 3. The van der Waals surface area contributed by atoms with E-state index >= 15 is 0 Å². The molecule has 3 rings (SSSR count). The predicted molar refractivity (Wildman–Crippen MR) is 83.8 cm³/mol. The van der Waals surface area contributed by atoms with E-state index in [2.05, 4.69) is 21.5 Å². The van der Waals surface area contributed by atoms with E-state index in [1.54, 1.807) is 18.3 Å². The van der Waals surface area contributed by atoms with Crippen LogP contribution in [0.2, 0.25) is 0 Å². The average molecular weight is 296 g/mol. The zero-order valence-electron chi connectivity index (χ0n) is 12.5. The SMILES string of the molecule is CCc1nc2c(C)ccnc2n1Cc1ccc([N+](=O)[O-])cc1. The van der Waals surface area contributed by atoms with Gasteiger partial charge in [-0.05, 0) is 24.1 Å². The maximum Gasteiger partial charge on any atom is 0.269 e. The maximum atomic E-state index is 10.7. The van der Waals surface area contributed by atoms with E-state index in [9.17, 15) is 10.1 Å². The Balaban J connectivity index is 2.02. The van der Waals surface area contributed by atoms with Gasteiger partial charge in [0.1, 0.15) is 11.3 Å². The topological polar surface area (TPSA) is 73.8 Å². The van der Waals surface area contributed by atoms with Gasteiger partial charge in [-0.1, -0.05) is 19.1 Å². The van der Waals surface area contributed by atoms with Crippen LogP contribution in [-0.2, 0) is 13.0 Å². The standard InChI is InChI=1S/C16H16N4O2/c1-3-14-18-15-11(2)8-9-17-16(15)19(14)10-12-4-6-13(7-5-12)20(21)22/h4-9H,3,10H2,1-2H3. The first-order valence-corrected chi connectivity index (χ1v) is 7.14. The Morgan fingerprint density at radius 2 is 1.95 bits per heavy atom. The van der Waals surface area contributed by atoms with Crippen LogP contribution in [0, 0.1) is 17.0 Å². The highest BCUT2D eigenvalue weighted by Crippen LogP contribution is 2.20. The van der Waals surface area contributed by atoms with Gasteiger partial charge >= 0.3 is 0 Å². The number of fused-ring (bicyclic) bond motifs is 1. The molecule has 0 unspecified atom stereocenters. The molecule has 0 aliphatic rings. The number of pyridine rings is 1. The van der Waals surface area contributed by atoms with Crippen LogP contribution in [0.25, 0.3) is 11.2 Å². The van der Waals surface area contributed by atoms with Crippen LogP contribution < -0.4 is 0 Å². The monoisotopic (exact) mass is 296 g/mol. The molecule has 0 saturated carbocycles. The van der Waals surface area contributed by atoms with Crippen molar-refractivity contribution in [2.45, 2.75) is 26.8 Å². The minimum atomic E-state index is -0.390. The summed E-state index contributed by atoms with van der Waals surface area (Å²) in [6.07, 6.45) is 2.59. The van der Waals surface area contributed by atoms with Gasteiger partial charge in [0.25, 0.3) is 5.69 Å². The van der Waals surface area contributed by atoms with Gasteiger partial charge in [0, 0.05) is 24.8 Å². The molecular weight excluding hydrogens is 280 g/mol. The summed E-state index contributed by atoms with van der Waals surface area (Å²) in [6, 6.07) is 8.56. The van der Waals surface area contributed by atoms with E-state index in [-0.39, 0.29) is 5.69 Å². The van der Waals surface area contributed by atoms with E-state index < -0.39 is 4.92 Å². The largest absolute Gasteiger partial charge is 0.308 e. The van der Waals surface area contributed by atoms with Crippen LogP contribution in [-0.4, -0.2) is 19.5 Å². The third kappa shape index (κ3) is 2.43. The summed E-state index contributed by atoms with van der Waals surface area (Å²) in [5.74, 6) is 0.968. The van der Waals surface area contributed by atoms with E-state index in [1.165, 1.54) is 12.1 Å². The normalized spacial score (nSPS) is 11.0. The summed E-state index contributed by atoms with van der Waals surface area (Å²) in [7, 11) is 0. The summed E-state index contributed by atoms with van der Waals surface area (Å²) in [5, 5.41) is 10.7. The number of benzene rings is 1. The Labute approximate surface area is 127 Å². The highest BCUT2D eigenvalue weighted by Gasteiger charge is 2.13. The van der Waals surface area contributed by atoms with Gasteiger partial charge in [-0.15, -0.1) is 0 Å². The lowest BCUT2D eigenvalue weighted by atomic mass is 10.2. The van der Waals surface area contributed by atoms with E-state index in [0.717, 1.165) is 34.5 Å². The van der Waals surface area contributed by atoms with Crippen LogP contribution in [0.15, 0.2) is 36.5 Å². The number of nitro groups is 1. The Morgan fingerprint density at radius 1 is 1.23 bits per heavy atom. The molecule has 0 spiro atoms. The number of imidazole rings is 1. The fraction of sp³-hybridized carbons (Fsp3) is 0.250. The van der Waals surface area contributed by atoms with E-state index in [4.69, 9.17) is 0 Å². The molecule has 3 aromatic rings. The molecule has 0 amide bonds. The molecule has 6 heteroatoms. The molecule has 6 nitrogen and oxygen atoms in total. The zero-order valence-corrected chi connectivity index (χ0v) is 12.5. The minimum Gasteiger partial charge on any atom is -0.308 e. The smallest absolute Gasteiger partial charge is 0.269 e. The third-order valence-electron chi connectivity index (χ3n) is 3.72. The lowest BCUT2D eigenvalue weighted by Crippen LogP contribution is -2.05. The number of aryl methyl sites for hydroxylation is 2. The second-order valence-electron chi connectivity index (χ2n) is 5.19. The molecule has 0 saturated heterocycles. The summed E-state index contributed by atoms with van der Waals surface area (Å²) >= 11 is 0. The van der Waals surface area contributed by atoms with Crippen LogP contribution in [0.5, 0.6) is 0 Å². The number of hydrogen-bond donors (Lipinski definition) is 0. The Kier molecular flexibility index (Phi) is 3.58. The first-order chi connectivity index (χ1) is 10.6. The number of non-ortho nitro benzene ring substituents is 1. The minimum absolute atomic E-state index is 0.101. The first-order valence-electron chi connectivity index (χ1n) is 7.14. The van der Waals surface area contributed by atoms with Crippen molar-refractivity contribution in [2.24, 2.45) is 0 Å². The second kappa shape index (κ2) is 5.55. The Morgan fingerprint density at radius 3 is 2.59 bits per heavy atom. The molecule has 0 radical (unpaired) electrons. The molecule has 1 aromatic carbocycles. The number of nitro benzene ring substituents is 1. The summed E-state index contributed by atoms with van der Waals surface area (Å²) in [5.41, 5.74) is 3.96. The number of nitrogens with zero attached hydrogens (tertiary/aromatic N) is 4. The van der Waals surface area contributed by atoms with Crippen LogP contribution in [0.4, 0.5) is 5.69 Å². The molecular formula is C16H16N4O2. The Hall–Kier alpha value is -2.76. The van der Waals surface area contributed by atoms with Gasteiger partial charge in [-0.3, -0.25) is 10.1 Å². The molecule has 0 atom stereocenters. The molecule has 2 aromatic heterocycles. The molecule has 0 aliphatic carbocycles. The quantitative estimate of drug-likeness (QED) is 0.547. The van der Waals surface area contributed by atoms with Crippen molar-refractivity contribution in [3.8, 4) is 0 Å². The van der Waals surface area contributed by atoms with Crippen molar-refractivity contribution in [1.29, 1.82) is 0 Å². The van der Waals surface area contributed by atoms with Crippen molar-refractivity contribution in [2.75, 3.05) is 0 Å². The van der Waals surface area contributed by atoms with Gasteiger partial charge in [0.05, 0.1) is 11.5 Å². The van der Waals surface area contributed by atoms with Crippen molar-refractivity contribution in [1.82, 2.24) is 14.5 Å². The van der Waals surface area contributed by atoms with Gasteiger partial charge in [-0.2, -0.15) is 0 Å². The van der Waals surface area contributed by atoms with Crippen LogP contribution in [0.1, 0.15) is 23.9 Å².